The monoisotopic (exact) mass is 370 g/mol. The van der Waals surface area contributed by atoms with Crippen LogP contribution in [0.5, 0.6) is 0 Å². The van der Waals surface area contributed by atoms with E-state index < -0.39 is 5.97 Å². The number of carboxylic acid groups (broad SMARTS) is 1. The molecule has 1 amide bonds. The van der Waals surface area contributed by atoms with Gasteiger partial charge in [0.2, 0.25) is 5.91 Å². The van der Waals surface area contributed by atoms with Crippen LogP contribution >= 0.6 is 0 Å². The Morgan fingerprint density at radius 2 is 2.00 bits per heavy atom. The van der Waals surface area contributed by atoms with Gasteiger partial charge in [-0.3, -0.25) is 14.5 Å². The van der Waals surface area contributed by atoms with Gasteiger partial charge in [-0.1, -0.05) is 42.5 Å². The van der Waals surface area contributed by atoms with E-state index in [1.165, 1.54) is 0 Å². The molecule has 0 bridgehead atoms. The smallest absolute Gasteiger partial charge is 0.317 e. The number of fused-ring (bicyclic) bond motifs is 1. The quantitative estimate of drug-likeness (QED) is 0.844. The molecule has 1 aliphatic rings. The molecule has 0 saturated carbocycles. The third kappa shape index (κ3) is 4.84. The van der Waals surface area contributed by atoms with Crippen LogP contribution in [0, 0.1) is 0 Å². The third-order valence-corrected chi connectivity index (χ3v) is 5.01. The minimum Gasteiger partial charge on any atom is -0.480 e. The van der Waals surface area contributed by atoms with Crippen molar-refractivity contribution in [1.29, 1.82) is 0 Å². The number of carbonyl (C=O) groups excluding carboxylic acids is 1. The zero-order valence-electron chi connectivity index (χ0n) is 15.8. The maximum absolute atomic E-state index is 13.0. The van der Waals surface area contributed by atoms with E-state index in [-0.39, 0.29) is 24.5 Å². The van der Waals surface area contributed by atoms with E-state index in [1.807, 2.05) is 30.0 Å². The highest BCUT2D eigenvalue weighted by molar-refractivity contribution is 5.87. The Balaban J connectivity index is 1.65. The van der Waals surface area contributed by atoms with Crippen molar-refractivity contribution in [3.63, 3.8) is 0 Å². The Morgan fingerprint density at radius 3 is 2.74 bits per heavy atom. The van der Waals surface area contributed by atoms with Gasteiger partial charge in [-0.25, -0.2) is 0 Å². The first kappa shape index (κ1) is 19.3. The van der Waals surface area contributed by atoms with Gasteiger partial charge in [0.15, 0.2) is 0 Å². The minimum absolute atomic E-state index is 0.0404. The zero-order valence-corrected chi connectivity index (χ0v) is 15.8. The minimum atomic E-state index is -0.869. The Bertz CT molecular complexity index is 823. The first-order valence-electron chi connectivity index (χ1n) is 9.23. The predicted octanol–water partition coefficient (Wildman–Crippen LogP) is 2.19. The highest BCUT2D eigenvalue weighted by Crippen LogP contribution is 2.24. The summed E-state index contributed by atoms with van der Waals surface area (Å²) >= 11 is 0. The van der Waals surface area contributed by atoms with Crippen LogP contribution in [0.3, 0.4) is 0 Å². The molecule has 1 saturated heterocycles. The first-order valence-corrected chi connectivity index (χ1v) is 9.23. The van der Waals surface area contributed by atoms with Gasteiger partial charge in [0.25, 0.3) is 0 Å². The molecule has 6 nitrogen and oxygen atoms in total. The topological polar surface area (TPSA) is 70.1 Å². The maximum atomic E-state index is 13.0. The van der Waals surface area contributed by atoms with Gasteiger partial charge in [0, 0.05) is 19.6 Å². The van der Waals surface area contributed by atoms with E-state index in [4.69, 9.17) is 9.84 Å². The standard InChI is InChI=1S/C21H26N2O4/c1-15(17-8-7-16-5-3-4-6-18(16)11-17)21(26)23-9-10-27-19(13-23)12-22(2)14-20(24)25/h3-8,11,15,19H,9-10,12-14H2,1-2H3,(H,24,25). The number of carbonyl (C=O) groups is 2. The van der Waals surface area contributed by atoms with Gasteiger partial charge >= 0.3 is 5.97 Å². The highest BCUT2D eigenvalue weighted by atomic mass is 16.5. The molecule has 3 rings (SSSR count). The molecular formula is C21H26N2O4. The van der Waals surface area contributed by atoms with Gasteiger partial charge < -0.3 is 14.7 Å². The van der Waals surface area contributed by atoms with Crippen molar-refractivity contribution in [3.05, 3.63) is 48.0 Å². The molecule has 0 spiro atoms. The third-order valence-electron chi connectivity index (χ3n) is 5.01. The highest BCUT2D eigenvalue weighted by Gasteiger charge is 2.28. The fourth-order valence-electron chi connectivity index (χ4n) is 3.57. The molecule has 2 unspecified atom stereocenters. The average molecular weight is 370 g/mol. The Morgan fingerprint density at radius 1 is 1.26 bits per heavy atom. The van der Waals surface area contributed by atoms with Crippen LogP contribution in [0.4, 0.5) is 0 Å². The lowest BCUT2D eigenvalue weighted by Crippen LogP contribution is -2.50. The molecule has 2 atom stereocenters. The normalized spacial score (nSPS) is 18.6. The zero-order chi connectivity index (χ0) is 19.4. The predicted molar refractivity (Wildman–Crippen MR) is 104 cm³/mol. The molecule has 0 aromatic heterocycles. The summed E-state index contributed by atoms with van der Waals surface area (Å²) in [4.78, 5) is 27.4. The summed E-state index contributed by atoms with van der Waals surface area (Å²) in [6.07, 6.45) is -0.171. The molecule has 1 heterocycles. The lowest BCUT2D eigenvalue weighted by molar-refractivity contribution is -0.143. The molecule has 6 heteroatoms. The van der Waals surface area contributed by atoms with Crippen molar-refractivity contribution in [3.8, 4) is 0 Å². The number of hydrogen-bond donors (Lipinski definition) is 1. The molecule has 1 N–H and O–H groups in total. The number of morpholine rings is 1. The summed E-state index contributed by atoms with van der Waals surface area (Å²) in [6.45, 7) is 3.91. The Hall–Kier alpha value is -2.44. The van der Waals surface area contributed by atoms with Gasteiger partial charge in [-0.15, -0.1) is 0 Å². The van der Waals surface area contributed by atoms with E-state index in [0.29, 0.717) is 26.2 Å². The number of rotatable bonds is 6. The summed E-state index contributed by atoms with van der Waals surface area (Å²) in [5.74, 6) is -1.02. The number of ether oxygens (including phenoxy) is 1. The number of carboxylic acids is 1. The van der Waals surface area contributed by atoms with Crippen LogP contribution in [-0.4, -0.2) is 72.7 Å². The second-order valence-corrected chi connectivity index (χ2v) is 7.20. The molecule has 144 valence electrons. The summed E-state index contributed by atoms with van der Waals surface area (Å²) in [5, 5.41) is 11.2. The van der Waals surface area contributed by atoms with Crippen molar-refractivity contribution in [2.24, 2.45) is 0 Å². The maximum Gasteiger partial charge on any atom is 0.317 e. The van der Waals surface area contributed by atoms with E-state index in [2.05, 4.69) is 24.3 Å². The summed E-state index contributed by atoms with van der Waals surface area (Å²) in [7, 11) is 1.75. The Kier molecular flexibility index (Phi) is 6.08. The van der Waals surface area contributed by atoms with Crippen molar-refractivity contribution in [1.82, 2.24) is 9.80 Å². The van der Waals surface area contributed by atoms with Gasteiger partial charge in [0.05, 0.1) is 25.2 Å². The second-order valence-electron chi connectivity index (χ2n) is 7.20. The number of aliphatic carboxylic acids is 1. The van der Waals surface area contributed by atoms with Crippen molar-refractivity contribution >= 4 is 22.6 Å². The number of nitrogens with zero attached hydrogens (tertiary/aromatic N) is 2. The molecule has 1 fully saturated rings. The number of benzene rings is 2. The van der Waals surface area contributed by atoms with Crippen LogP contribution in [0.1, 0.15) is 18.4 Å². The number of amides is 1. The van der Waals surface area contributed by atoms with E-state index in [9.17, 15) is 9.59 Å². The van der Waals surface area contributed by atoms with Crippen molar-refractivity contribution in [2.75, 3.05) is 39.8 Å². The SMILES string of the molecule is CC(C(=O)N1CCOC(CN(C)CC(=O)O)C1)c1ccc2ccccc2c1. The lowest BCUT2D eigenvalue weighted by atomic mass is 9.96. The fourth-order valence-corrected chi connectivity index (χ4v) is 3.57. The largest absolute Gasteiger partial charge is 0.480 e. The van der Waals surface area contributed by atoms with E-state index in [0.717, 1.165) is 16.3 Å². The lowest BCUT2D eigenvalue weighted by Gasteiger charge is -2.36. The molecule has 27 heavy (non-hydrogen) atoms. The van der Waals surface area contributed by atoms with Crippen LogP contribution in [0.2, 0.25) is 0 Å². The Labute approximate surface area is 159 Å². The molecule has 0 aliphatic carbocycles. The first-order chi connectivity index (χ1) is 12.9. The molecule has 0 radical (unpaired) electrons. The molecule has 2 aromatic carbocycles. The summed E-state index contributed by atoms with van der Waals surface area (Å²) < 4.78 is 5.73. The van der Waals surface area contributed by atoms with Crippen molar-refractivity contribution in [2.45, 2.75) is 18.9 Å². The van der Waals surface area contributed by atoms with Crippen LogP contribution in [0.25, 0.3) is 10.8 Å². The van der Waals surface area contributed by atoms with Gasteiger partial charge in [-0.05, 0) is 30.3 Å². The molecule has 2 aromatic rings. The van der Waals surface area contributed by atoms with Crippen molar-refractivity contribution < 1.29 is 19.4 Å². The molecular weight excluding hydrogens is 344 g/mol. The van der Waals surface area contributed by atoms with Crippen LogP contribution in [-0.2, 0) is 14.3 Å². The summed E-state index contributed by atoms with van der Waals surface area (Å²) in [5.41, 5.74) is 1.00. The van der Waals surface area contributed by atoms with Gasteiger partial charge in [0.1, 0.15) is 0 Å². The fraction of sp³-hybridized carbons (Fsp3) is 0.429. The van der Waals surface area contributed by atoms with Gasteiger partial charge in [-0.2, -0.15) is 0 Å². The van der Waals surface area contributed by atoms with E-state index >= 15 is 0 Å². The number of likely N-dealkylation sites (N-methyl/N-ethyl adjacent to an activating group) is 1. The van der Waals surface area contributed by atoms with Crippen LogP contribution in [0.15, 0.2) is 42.5 Å². The van der Waals surface area contributed by atoms with E-state index in [1.54, 1.807) is 11.9 Å². The average Bonchev–Trinajstić information content (AvgIpc) is 2.66. The summed E-state index contributed by atoms with van der Waals surface area (Å²) in [6, 6.07) is 14.3. The second kappa shape index (κ2) is 8.50. The molecule has 1 aliphatic heterocycles. The number of hydrogen-bond acceptors (Lipinski definition) is 4. The van der Waals surface area contributed by atoms with Crippen LogP contribution < -0.4 is 0 Å².